The Morgan fingerprint density at radius 2 is 2.11 bits per heavy atom. The number of nitrogens with one attached hydrogen (secondary N) is 1. The number of benzene rings is 1. The monoisotopic (exact) mass is 266 g/mol. The first-order chi connectivity index (χ1) is 8.49. The maximum atomic E-state index is 12.2. The molecule has 18 heavy (non-hydrogen) atoms. The molecule has 96 valence electrons. The van der Waals surface area contributed by atoms with Crippen LogP contribution < -0.4 is 10.2 Å². The van der Waals surface area contributed by atoms with Crippen molar-refractivity contribution < 1.29 is 9.59 Å². The van der Waals surface area contributed by atoms with Gasteiger partial charge in [0, 0.05) is 23.7 Å². The highest BCUT2D eigenvalue weighted by Gasteiger charge is 2.28. The Labute approximate surface area is 111 Å². The maximum Gasteiger partial charge on any atom is 0.249 e. The minimum absolute atomic E-state index is 0.0990. The van der Waals surface area contributed by atoms with Crippen molar-refractivity contribution >= 4 is 29.1 Å². The molecule has 2 rings (SSSR count). The van der Waals surface area contributed by atoms with E-state index in [1.165, 1.54) is 0 Å². The van der Waals surface area contributed by atoms with Gasteiger partial charge in [-0.1, -0.05) is 17.7 Å². The Kier molecular flexibility index (Phi) is 3.57. The van der Waals surface area contributed by atoms with Gasteiger partial charge in [0.25, 0.3) is 0 Å². The molecule has 1 heterocycles. The summed E-state index contributed by atoms with van der Waals surface area (Å²) in [6.45, 7) is 4.00. The van der Waals surface area contributed by atoms with Crippen molar-refractivity contribution in [3.63, 3.8) is 0 Å². The third-order valence-electron chi connectivity index (χ3n) is 3.04. The van der Waals surface area contributed by atoms with Gasteiger partial charge in [-0.3, -0.25) is 9.59 Å². The van der Waals surface area contributed by atoms with Crippen molar-refractivity contribution in [2.75, 3.05) is 11.4 Å². The summed E-state index contributed by atoms with van der Waals surface area (Å²) in [6.07, 6.45) is 0.308. The predicted octanol–water partition coefficient (Wildman–Crippen LogP) is 1.89. The molecule has 1 N–H and O–H groups in total. The molecular weight excluding hydrogens is 252 g/mol. The molecule has 0 spiro atoms. The zero-order chi connectivity index (χ0) is 13.3. The van der Waals surface area contributed by atoms with Crippen molar-refractivity contribution in [3.05, 3.63) is 28.8 Å². The van der Waals surface area contributed by atoms with Gasteiger partial charge in [-0.2, -0.15) is 0 Å². The van der Waals surface area contributed by atoms with E-state index in [1.54, 1.807) is 24.0 Å². The number of nitrogens with zero attached hydrogens (tertiary/aromatic N) is 1. The predicted molar refractivity (Wildman–Crippen MR) is 70.8 cm³/mol. The molecule has 2 amide bonds. The number of aryl methyl sites for hydroxylation is 1. The van der Waals surface area contributed by atoms with Gasteiger partial charge in [0.2, 0.25) is 11.8 Å². The van der Waals surface area contributed by atoms with Crippen LogP contribution in [0.3, 0.4) is 0 Å². The van der Waals surface area contributed by atoms with Crippen LogP contribution in [0.2, 0.25) is 5.02 Å². The molecule has 0 aliphatic carbocycles. The molecule has 1 fully saturated rings. The maximum absolute atomic E-state index is 12.2. The summed E-state index contributed by atoms with van der Waals surface area (Å²) in [6, 6.07) is 4.92. The molecule has 0 aromatic heterocycles. The van der Waals surface area contributed by atoms with E-state index in [0.717, 1.165) is 11.3 Å². The Morgan fingerprint density at radius 1 is 1.39 bits per heavy atom. The molecule has 1 unspecified atom stereocenters. The number of carbonyl (C=O) groups is 2. The van der Waals surface area contributed by atoms with Crippen molar-refractivity contribution in [1.82, 2.24) is 5.32 Å². The third kappa shape index (κ3) is 2.48. The number of anilines is 1. The zero-order valence-electron chi connectivity index (χ0n) is 10.4. The normalized spacial score (nSPS) is 20.6. The fourth-order valence-corrected chi connectivity index (χ4v) is 2.21. The smallest absolute Gasteiger partial charge is 0.249 e. The second-order valence-corrected chi connectivity index (χ2v) is 4.90. The molecule has 1 aromatic carbocycles. The second-order valence-electron chi connectivity index (χ2n) is 4.46. The van der Waals surface area contributed by atoms with Gasteiger partial charge in [0.05, 0.1) is 0 Å². The van der Waals surface area contributed by atoms with Crippen molar-refractivity contribution in [2.24, 2.45) is 0 Å². The Bertz CT molecular complexity index is 502. The first-order valence-electron chi connectivity index (χ1n) is 5.86. The summed E-state index contributed by atoms with van der Waals surface area (Å²) in [5.41, 5.74) is 1.74. The van der Waals surface area contributed by atoms with E-state index in [4.69, 9.17) is 11.6 Å². The number of halogens is 1. The summed E-state index contributed by atoms with van der Waals surface area (Å²) in [4.78, 5) is 25.3. The van der Waals surface area contributed by atoms with E-state index in [-0.39, 0.29) is 11.8 Å². The van der Waals surface area contributed by atoms with E-state index in [9.17, 15) is 9.59 Å². The first kappa shape index (κ1) is 12.9. The van der Waals surface area contributed by atoms with Gasteiger partial charge < -0.3 is 10.2 Å². The van der Waals surface area contributed by atoms with Gasteiger partial charge in [-0.05, 0) is 31.5 Å². The topological polar surface area (TPSA) is 49.4 Å². The van der Waals surface area contributed by atoms with Crippen LogP contribution in [0.4, 0.5) is 5.69 Å². The van der Waals surface area contributed by atoms with E-state index < -0.39 is 6.04 Å². The number of amides is 2. The largest absolute Gasteiger partial charge is 0.345 e. The van der Waals surface area contributed by atoms with Crippen LogP contribution in [0, 0.1) is 6.92 Å². The quantitative estimate of drug-likeness (QED) is 0.844. The van der Waals surface area contributed by atoms with Crippen molar-refractivity contribution in [3.8, 4) is 0 Å². The standard InChI is InChI=1S/C13H15ClN2O2/c1-8-3-4-10(14)7-11(8)16-6-5-12(17)15-9(2)13(16)18/h3-4,7,9H,5-6H2,1-2H3,(H,15,17). The second kappa shape index (κ2) is 4.98. The zero-order valence-corrected chi connectivity index (χ0v) is 11.1. The highest BCUT2D eigenvalue weighted by atomic mass is 35.5. The lowest BCUT2D eigenvalue weighted by molar-refractivity contribution is -0.125. The van der Waals surface area contributed by atoms with Crippen LogP contribution in [0.5, 0.6) is 0 Å². The summed E-state index contributed by atoms with van der Waals surface area (Å²) < 4.78 is 0. The molecule has 1 aliphatic rings. The van der Waals surface area contributed by atoms with Crippen LogP contribution in [0.25, 0.3) is 0 Å². The van der Waals surface area contributed by atoms with Crippen LogP contribution in [-0.2, 0) is 9.59 Å². The van der Waals surface area contributed by atoms with Gasteiger partial charge in [0.1, 0.15) is 6.04 Å². The average Bonchev–Trinajstić information content (AvgIpc) is 2.44. The lowest BCUT2D eigenvalue weighted by atomic mass is 10.1. The Hall–Kier alpha value is -1.55. The van der Waals surface area contributed by atoms with E-state index in [1.807, 2.05) is 13.0 Å². The Balaban J connectivity index is 2.38. The number of hydrogen-bond acceptors (Lipinski definition) is 2. The van der Waals surface area contributed by atoms with Crippen LogP contribution in [-0.4, -0.2) is 24.4 Å². The molecule has 1 aromatic rings. The van der Waals surface area contributed by atoms with Gasteiger partial charge in [0.15, 0.2) is 0 Å². The number of carbonyl (C=O) groups excluding carboxylic acids is 2. The SMILES string of the molecule is Cc1ccc(Cl)cc1N1CCC(=O)NC(C)C1=O. The van der Waals surface area contributed by atoms with E-state index in [2.05, 4.69) is 5.32 Å². The van der Waals surface area contributed by atoms with Crippen molar-refractivity contribution in [1.29, 1.82) is 0 Å². The highest BCUT2D eigenvalue weighted by molar-refractivity contribution is 6.31. The summed E-state index contributed by atoms with van der Waals surface area (Å²) in [7, 11) is 0. The minimum atomic E-state index is -0.501. The fraction of sp³-hybridized carbons (Fsp3) is 0.385. The van der Waals surface area contributed by atoms with Gasteiger partial charge in [-0.15, -0.1) is 0 Å². The lowest BCUT2D eigenvalue weighted by Gasteiger charge is -2.24. The minimum Gasteiger partial charge on any atom is -0.345 e. The number of hydrogen-bond donors (Lipinski definition) is 1. The Morgan fingerprint density at radius 3 is 2.83 bits per heavy atom. The van der Waals surface area contributed by atoms with Crippen LogP contribution >= 0.6 is 11.6 Å². The summed E-state index contributed by atoms with van der Waals surface area (Å²) in [5, 5.41) is 3.25. The lowest BCUT2D eigenvalue weighted by Crippen LogP contribution is -2.42. The molecule has 0 bridgehead atoms. The third-order valence-corrected chi connectivity index (χ3v) is 3.27. The summed E-state index contributed by atoms with van der Waals surface area (Å²) >= 11 is 5.97. The number of rotatable bonds is 1. The van der Waals surface area contributed by atoms with E-state index >= 15 is 0 Å². The van der Waals surface area contributed by atoms with Crippen molar-refractivity contribution in [2.45, 2.75) is 26.3 Å². The molecule has 1 saturated heterocycles. The van der Waals surface area contributed by atoms with Gasteiger partial charge >= 0.3 is 0 Å². The molecule has 1 aliphatic heterocycles. The molecule has 0 radical (unpaired) electrons. The first-order valence-corrected chi connectivity index (χ1v) is 6.23. The molecular formula is C13H15ClN2O2. The average molecular weight is 267 g/mol. The van der Waals surface area contributed by atoms with E-state index in [0.29, 0.717) is 18.0 Å². The van der Waals surface area contributed by atoms with Gasteiger partial charge in [-0.25, -0.2) is 0 Å². The molecule has 0 saturated carbocycles. The fourth-order valence-electron chi connectivity index (χ4n) is 2.05. The molecule has 4 nitrogen and oxygen atoms in total. The summed E-state index contributed by atoms with van der Waals surface area (Å²) in [5.74, 6) is -0.204. The molecule has 5 heteroatoms. The molecule has 1 atom stereocenters. The van der Waals surface area contributed by atoms with Crippen LogP contribution in [0.15, 0.2) is 18.2 Å². The highest BCUT2D eigenvalue weighted by Crippen LogP contribution is 2.25. The van der Waals surface area contributed by atoms with Crippen LogP contribution in [0.1, 0.15) is 18.9 Å².